The maximum atomic E-state index is 13.0. The standard InChI is InChI=1S/C9H4ClFN2O2/c10-9-7-3-5(11)4-8(13(14)15)6(7)1-2-12-9/h1-4H. The van der Waals surface area contributed by atoms with Crippen molar-refractivity contribution < 1.29 is 9.31 Å². The number of nitro groups is 1. The topological polar surface area (TPSA) is 56.0 Å². The van der Waals surface area contributed by atoms with Crippen LogP contribution in [0.4, 0.5) is 10.1 Å². The second kappa shape index (κ2) is 3.43. The Bertz CT molecular complexity index is 559. The van der Waals surface area contributed by atoms with E-state index < -0.39 is 10.7 Å². The molecule has 0 spiro atoms. The lowest BCUT2D eigenvalue weighted by atomic mass is 10.1. The molecule has 2 rings (SSSR count). The molecule has 6 heteroatoms. The average molecular weight is 227 g/mol. The zero-order valence-electron chi connectivity index (χ0n) is 7.28. The van der Waals surface area contributed by atoms with Crippen molar-refractivity contribution in [3.63, 3.8) is 0 Å². The number of halogens is 2. The predicted molar refractivity (Wildman–Crippen MR) is 53.4 cm³/mol. The number of aromatic nitrogens is 1. The van der Waals surface area contributed by atoms with Crippen molar-refractivity contribution in [2.45, 2.75) is 0 Å². The third-order valence-corrected chi connectivity index (χ3v) is 2.27. The van der Waals surface area contributed by atoms with Gasteiger partial charge in [-0.05, 0) is 12.1 Å². The van der Waals surface area contributed by atoms with Crippen LogP contribution < -0.4 is 0 Å². The SMILES string of the molecule is O=[N+]([O-])c1cc(F)cc2c(Cl)nccc12. The molecule has 1 aromatic heterocycles. The van der Waals surface area contributed by atoms with Crippen LogP contribution in [0, 0.1) is 15.9 Å². The Morgan fingerprint density at radius 2 is 2.13 bits per heavy atom. The Balaban J connectivity index is 2.92. The van der Waals surface area contributed by atoms with Gasteiger partial charge in [0.05, 0.1) is 16.4 Å². The molecule has 0 amide bonds. The molecule has 0 saturated heterocycles. The average Bonchev–Trinajstić information content (AvgIpc) is 2.18. The number of non-ortho nitro benzene ring substituents is 1. The Kier molecular flexibility index (Phi) is 2.24. The van der Waals surface area contributed by atoms with E-state index in [0.717, 1.165) is 12.1 Å². The first kappa shape index (κ1) is 9.79. The molecule has 1 aromatic carbocycles. The van der Waals surface area contributed by atoms with Crippen LogP contribution in [0.1, 0.15) is 0 Å². The second-order valence-electron chi connectivity index (χ2n) is 2.88. The minimum absolute atomic E-state index is 0.0510. The van der Waals surface area contributed by atoms with Crippen LogP contribution in [0.5, 0.6) is 0 Å². The van der Waals surface area contributed by atoms with E-state index in [1.807, 2.05) is 0 Å². The minimum atomic E-state index is -0.705. The number of rotatable bonds is 1. The molecule has 15 heavy (non-hydrogen) atoms. The summed E-state index contributed by atoms with van der Waals surface area (Å²) in [7, 11) is 0. The lowest BCUT2D eigenvalue weighted by molar-refractivity contribution is -0.383. The quantitative estimate of drug-likeness (QED) is 0.427. The summed E-state index contributed by atoms with van der Waals surface area (Å²) >= 11 is 5.71. The van der Waals surface area contributed by atoms with Gasteiger partial charge in [-0.15, -0.1) is 0 Å². The summed E-state index contributed by atoms with van der Waals surface area (Å²) < 4.78 is 13.0. The summed E-state index contributed by atoms with van der Waals surface area (Å²) in [6.07, 6.45) is 1.34. The lowest BCUT2D eigenvalue weighted by Crippen LogP contribution is -1.92. The van der Waals surface area contributed by atoms with Gasteiger partial charge in [-0.25, -0.2) is 9.37 Å². The zero-order chi connectivity index (χ0) is 11.0. The zero-order valence-corrected chi connectivity index (χ0v) is 8.03. The molecule has 0 unspecified atom stereocenters. The molecule has 1 heterocycles. The summed E-state index contributed by atoms with van der Waals surface area (Å²) in [4.78, 5) is 13.7. The van der Waals surface area contributed by atoms with Crippen LogP contribution >= 0.6 is 11.6 Å². The van der Waals surface area contributed by atoms with E-state index in [2.05, 4.69) is 4.98 Å². The van der Waals surface area contributed by atoms with Gasteiger partial charge in [0.25, 0.3) is 5.69 Å². The van der Waals surface area contributed by atoms with E-state index in [1.165, 1.54) is 12.3 Å². The van der Waals surface area contributed by atoms with Crippen molar-refractivity contribution in [3.8, 4) is 0 Å². The summed E-state index contributed by atoms with van der Waals surface area (Å²) in [5.74, 6) is -0.705. The number of hydrogen-bond donors (Lipinski definition) is 0. The molecule has 0 saturated carbocycles. The Morgan fingerprint density at radius 1 is 1.40 bits per heavy atom. The van der Waals surface area contributed by atoms with Crippen LogP contribution in [-0.4, -0.2) is 9.91 Å². The van der Waals surface area contributed by atoms with Gasteiger partial charge in [-0.3, -0.25) is 10.1 Å². The first-order valence-corrected chi connectivity index (χ1v) is 4.35. The summed E-state index contributed by atoms with van der Waals surface area (Å²) in [5.41, 5.74) is -0.311. The number of benzene rings is 1. The van der Waals surface area contributed by atoms with E-state index in [9.17, 15) is 14.5 Å². The predicted octanol–water partition coefficient (Wildman–Crippen LogP) is 2.94. The van der Waals surface area contributed by atoms with Crippen LogP contribution in [0.15, 0.2) is 24.4 Å². The molecule has 0 atom stereocenters. The van der Waals surface area contributed by atoms with E-state index in [1.54, 1.807) is 0 Å². The van der Waals surface area contributed by atoms with Crippen molar-refractivity contribution in [3.05, 3.63) is 45.5 Å². The molecule has 0 bridgehead atoms. The number of fused-ring (bicyclic) bond motifs is 1. The van der Waals surface area contributed by atoms with Gasteiger partial charge in [0.1, 0.15) is 11.0 Å². The van der Waals surface area contributed by atoms with Gasteiger partial charge in [-0.1, -0.05) is 11.6 Å². The van der Waals surface area contributed by atoms with Gasteiger partial charge < -0.3 is 0 Å². The summed E-state index contributed by atoms with van der Waals surface area (Å²) in [6.45, 7) is 0. The Hall–Kier alpha value is -1.75. The van der Waals surface area contributed by atoms with Gasteiger partial charge in [0.2, 0.25) is 0 Å². The van der Waals surface area contributed by atoms with Crippen LogP contribution in [0.3, 0.4) is 0 Å². The fraction of sp³-hybridized carbons (Fsp3) is 0. The smallest absolute Gasteiger partial charge is 0.258 e. The van der Waals surface area contributed by atoms with Gasteiger partial charge in [0.15, 0.2) is 0 Å². The van der Waals surface area contributed by atoms with Gasteiger partial charge >= 0.3 is 0 Å². The monoisotopic (exact) mass is 226 g/mol. The van der Waals surface area contributed by atoms with Crippen molar-refractivity contribution in [2.75, 3.05) is 0 Å². The first-order chi connectivity index (χ1) is 7.09. The first-order valence-electron chi connectivity index (χ1n) is 3.98. The Morgan fingerprint density at radius 3 is 2.80 bits per heavy atom. The van der Waals surface area contributed by atoms with Crippen LogP contribution in [-0.2, 0) is 0 Å². The summed E-state index contributed by atoms with van der Waals surface area (Å²) in [6, 6.07) is 3.41. The number of nitro benzene ring substituents is 1. The highest BCUT2D eigenvalue weighted by Gasteiger charge is 2.15. The highest BCUT2D eigenvalue weighted by molar-refractivity contribution is 6.34. The highest BCUT2D eigenvalue weighted by Crippen LogP contribution is 2.29. The highest BCUT2D eigenvalue weighted by atomic mass is 35.5. The fourth-order valence-corrected chi connectivity index (χ4v) is 1.56. The maximum Gasteiger partial charge on any atom is 0.280 e. The third kappa shape index (κ3) is 1.61. The molecule has 0 aliphatic carbocycles. The van der Waals surface area contributed by atoms with Gasteiger partial charge in [-0.2, -0.15) is 0 Å². The van der Waals surface area contributed by atoms with Crippen molar-refractivity contribution in [1.82, 2.24) is 4.98 Å². The molecule has 0 radical (unpaired) electrons. The Labute approximate surface area is 88.5 Å². The molecule has 76 valence electrons. The van der Waals surface area contributed by atoms with E-state index in [4.69, 9.17) is 11.6 Å². The van der Waals surface area contributed by atoms with Gasteiger partial charge in [0, 0.05) is 11.6 Å². The largest absolute Gasteiger partial charge is 0.280 e. The molecule has 0 N–H and O–H groups in total. The molecular weight excluding hydrogens is 223 g/mol. The minimum Gasteiger partial charge on any atom is -0.258 e. The second-order valence-corrected chi connectivity index (χ2v) is 3.24. The molecule has 0 fully saturated rings. The van der Waals surface area contributed by atoms with E-state index >= 15 is 0 Å². The van der Waals surface area contributed by atoms with Crippen molar-refractivity contribution >= 4 is 28.1 Å². The lowest BCUT2D eigenvalue weighted by Gasteiger charge is -2.00. The molecule has 0 aliphatic heterocycles. The molecular formula is C9H4ClFN2O2. The fourth-order valence-electron chi connectivity index (χ4n) is 1.35. The molecule has 2 aromatic rings. The van der Waals surface area contributed by atoms with Crippen LogP contribution in [0.2, 0.25) is 5.15 Å². The third-order valence-electron chi connectivity index (χ3n) is 1.97. The maximum absolute atomic E-state index is 13.0. The number of hydrogen-bond acceptors (Lipinski definition) is 3. The van der Waals surface area contributed by atoms with Crippen molar-refractivity contribution in [2.24, 2.45) is 0 Å². The molecule has 0 aliphatic rings. The number of nitrogens with zero attached hydrogens (tertiary/aromatic N) is 2. The summed E-state index contributed by atoms with van der Waals surface area (Å²) in [5, 5.41) is 11.2. The van der Waals surface area contributed by atoms with Crippen LogP contribution in [0.25, 0.3) is 10.8 Å². The van der Waals surface area contributed by atoms with E-state index in [0.29, 0.717) is 0 Å². The number of pyridine rings is 1. The normalized spacial score (nSPS) is 10.5. The van der Waals surface area contributed by atoms with Crippen molar-refractivity contribution in [1.29, 1.82) is 0 Å². The molecule has 4 nitrogen and oxygen atoms in total. The van der Waals surface area contributed by atoms with E-state index in [-0.39, 0.29) is 21.6 Å².